The maximum Gasteiger partial charge on any atom is 0.309 e. The molecule has 0 bridgehead atoms. The number of ether oxygens (including phenoxy) is 1. The average Bonchev–Trinajstić information content (AvgIpc) is 3.38. The Morgan fingerprint density at radius 2 is 1.94 bits per heavy atom. The molecule has 8 heteroatoms. The first-order chi connectivity index (χ1) is 15.9. The Bertz CT molecular complexity index is 911. The molecule has 2 fully saturated rings. The summed E-state index contributed by atoms with van der Waals surface area (Å²) in [5.41, 5.74) is 0.567. The Morgan fingerprint density at radius 3 is 2.59 bits per heavy atom. The SMILES string of the molecule is CC(=Cc1csc(C)n1)C1CC2N[C@@H]2CCC[C@H](C)[C@H](O)[C@@H](C)C(=O)C(C)(C)[C@@H](O)CC(=O)O1. The summed E-state index contributed by atoms with van der Waals surface area (Å²) in [4.78, 5) is 30.5. The van der Waals surface area contributed by atoms with Gasteiger partial charge in [-0.05, 0) is 44.3 Å². The van der Waals surface area contributed by atoms with Crippen LogP contribution < -0.4 is 5.32 Å². The number of Topliss-reactive ketones (excluding diaryl/α,β-unsaturated/α-hetero) is 1. The van der Waals surface area contributed by atoms with Gasteiger partial charge in [-0.1, -0.05) is 34.1 Å². The molecule has 7 nitrogen and oxygen atoms in total. The lowest BCUT2D eigenvalue weighted by atomic mass is 9.73. The summed E-state index contributed by atoms with van der Waals surface area (Å²) in [5, 5.41) is 28.1. The molecule has 2 aliphatic heterocycles. The summed E-state index contributed by atoms with van der Waals surface area (Å²) >= 11 is 1.57. The minimum atomic E-state index is -1.21. The number of nitrogens with one attached hydrogen (secondary N) is 1. The molecule has 0 aromatic carbocycles. The standard InChI is InChI=1S/C26H40N2O5S/c1-14-8-7-9-19-20(28-19)11-21(15(2)10-18-13-34-17(4)27-18)33-23(30)12-22(29)26(5,6)25(32)16(3)24(14)31/h10,13-14,16,19-22,24,28-29,31H,7-9,11-12H2,1-6H3/t14-,16+,19+,20?,21?,22-,24-/m0/s1. The number of esters is 1. The molecule has 7 atom stereocenters. The fraction of sp³-hybridized carbons (Fsp3) is 0.731. The molecule has 2 unspecified atom stereocenters. The van der Waals surface area contributed by atoms with Crippen LogP contribution in [0.5, 0.6) is 0 Å². The zero-order valence-electron chi connectivity index (χ0n) is 21.2. The normalized spacial score (nSPS) is 36.0. The van der Waals surface area contributed by atoms with Crippen molar-refractivity contribution in [2.45, 2.75) is 104 Å². The second-order valence-electron chi connectivity index (χ2n) is 10.8. The largest absolute Gasteiger partial charge is 0.458 e. The van der Waals surface area contributed by atoms with E-state index in [0.717, 1.165) is 35.5 Å². The number of hydrogen-bond acceptors (Lipinski definition) is 8. The number of aromatic nitrogens is 1. The van der Waals surface area contributed by atoms with E-state index >= 15 is 0 Å². The van der Waals surface area contributed by atoms with Gasteiger partial charge in [0.1, 0.15) is 11.9 Å². The van der Waals surface area contributed by atoms with E-state index < -0.39 is 35.6 Å². The fourth-order valence-corrected chi connectivity index (χ4v) is 5.49. The van der Waals surface area contributed by atoms with Crippen LogP contribution in [0.4, 0.5) is 0 Å². The number of ketones is 1. The van der Waals surface area contributed by atoms with Gasteiger partial charge in [-0.15, -0.1) is 11.3 Å². The molecular formula is C26H40N2O5S. The molecule has 0 aliphatic carbocycles. The highest BCUT2D eigenvalue weighted by atomic mass is 32.1. The van der Waals surface area contributed by atoms with Crippen molar-refractivity contribution in [2.24, 2.45) is 17.3 Å². The van der Waals surface area contributed by atoms with Crippen LogP contribution in [-0.2, 0) is 14.3 Å². The molecule has 1 aromatic rings. The summed E-state index contributed by atoms with van der Waals surface area (Å²) in [6.07, 6.45) is 2.64. The Kier molecular flexibility index (Phi) is 8.71. The van der Waals surface area contributed by atoms with E-state index in [2.05, 4.69) is 10.3 Å². The number of thiazole rings is 1. The number of cyclic esters (lactones) is 1. The van der Waals surface area contributed by atoms with Crippen molar-refractivity contribution >= 4 is 29.2 Å². The molecule has 1 aromatic heterocycles. The second-order valence-corrected chi connectivity index (χ2v) is 11.8. The molecule has 0 saturated carbocycles. The summed E-state index contributed by atoms with van der Waals surface area (Å²) in [5.74, 6) is -1.43. The highest BCUT2D eigenvalue weighted by molar-refractivity contribution is 7.09. The summed E-state index contributed by atoms with van der Waals surface area (Å²) < 4.78 is 5.86. The molecule has 190 valence electrons. The third-order valence-corrected chi connectivity index (χ3v) is 8.37. The predicted octanol–water partition coefficient (Wildman–Crippen LogP) is 3.66. The van der Waals surface area contributed by atoms with Crippen molar-refractivity contribution in [3.8, 4) is 0 Å². The maximum atomic E-state index is 13.2. The Hall–Kier alpha value is -1.61. The number of aliphatic hydroxyl groups excluding tert-OH is 2. The molecular weight excluding hydrogens is 452 g/mol. The molecule has 2 aliphatic rings. The lowest BCUT2D eigenvalue weighted by Gasteiger charge is -2.34. The van der Waals surface area contributed by atoms with Crippen LogP contribution in [0.3, 0.4) is 0 Å². The van der Waals surface area contributed by atoms with Gasteiger partial charge in [0.25, 0.3) is 0 Å². The van der Waals surface area contributed by atoms with Gasteiger partial charge in [0, 0.05) is 29.8 Å². The van der Waals surface area contributed by atoms with E-state index in [0.29, 0.717) is 12.5 Å². The molecule has 3 N–H and O–H groups in total. The minimum absolute atomic E-state index is 0.0264. The number of aliphatic hydroxyl groups is 2. The maximum absolute atomic E-state index is 13.2. The van der Waals surface area contributed by atoms with Crippen LogP contribution in [0, 0.1) is 24.2 Å². The molecule has 0 amide bonds. The number of nitrogens with zero attached hydrogens (tertiary/aromatic N) is 1. The topological polar surface area (TPSA) is 119 Å². The smallest absolute Gasteiger partial charge is 0.309 e. The quantitative estimate of drug-likeness (QED) is 0.426. The zero-order valence-corrected chi connectivity index (χ0v) is 22.0. The number of rotatable bonds is 2. The zero-order chi connectivity index (χ0) is 25.2. The monoisotopic (exact) mass is 492 g/mol. The van der Waals surface area contributed by atoms with E-state index in [1.165, 1.54) is 0 Å². The van der Waals surface area contributed by atoms with Crippen molar-refractivity contribution < 1.29 is 24.5 Å². The number of carbonyl (C=O) groups is 2. The lowest BCUT2D eigenvalue weighted by Crippen LogP contribution is -2.45. The van der Waals surface area contributed by atoms with Crippen molar-refractivity contribution in [3.63, 3.8) is 0 Å². The Balaban J connectivity index is 1.81. The van der Waals surface area contributed by atoms with Gasteiger partial charge in [-0.2, -0.15) is 0 Å². The first kappa shape index (κ1) is 27.0. The van der Waals surface area contributed by atoms with E-state index in [4.69, 9.17) is 4.74 Å². The highest BCUT2D eigenvalue weighted by Gasteiger charge is 2.43. The van der Waals surface area contributed by atoms with Crippen molar-refractivity contribution in [3.05, 3.63) is 21.7 Å². The van der Waals surface area contributed by atoms with E-state index in [1.807, 2.05) is 32.2 Å². The van der Waals surface area contributed by atoms with Crippen LogP contribution in [-0.4, -0.2) is 57.3 Å². The molecule has 0 spiro atoms. The van der Waals surface area contributed by atoms with Gasteiger partial charge < -0.3 is 20.3 Å². The summed E-state index contributed by atoms with van der Waals surface area (Å²) in [7, 11) is 0. The van der Waals surface area contributed by atoms with Crippen molar-refractivity contribution in [1.29, 1.82) is 0 Å². The molecule has 0 radical (unpaired) electrons. The molecule has 2 saturated heterocycles. The van der Waals surface area contributed by atoms with Gasteiger partial charge >= 0.3 is 5.97 Å². The summed E-state index contributed by atoms with van der Waals surface area (Å²) in [6, 6.07) is 0.615. The van der Waals surface area contributed by atoms with E-state index in [9.17, 15) is 19.8 Å². The van der Waals surface area contributed by atoms with Crippen LogP contribution >= 0.6 is 11.3 Å². The minimum Gasteiger partial charge on any atom is -0.458 e. The first-order valence-electron chi connectivity index (χ1n) is 12.4. The number of fused-ring (bicyclic) bond motifs is 1. The van der Waals surface area contributed by atoms with Gasteiger partial charge in [0.2, 0.25) is 0 Å². The van der Waals surface area contributed by atoms with Crippen molar-refractivity contribution in [1.82, 2.24) is 10.3 Å². The number of aryl methyl sites for hydroxylation is 1. The second kappa shape index (κ2) is 11.0. The first-order valence-corrected chi connectivity index (χ1v) is 13.2. The summed E-state index contributed by atoms with van der Waals surface area (Å²) in [6.45, 7) is 10.8. The third-order valence-electron chi connectivity index (χ3n) is 7.58. The molecule has 34 heavy (non-hydrogen) atoms. The van der Waals surface area contributed by atoms with E-state index in [1.54, 1.807) is 32.1 Å². The molecule has 3 rings (SSSR count). The van der Waals surface area contributed by atoms with Crippen LogP contribution in [0.15, 0.2) is 11.0 Å². The number of carbonyl (C=O) groups excluding carboxylic acids is 2. The van der Waals surface area contributed by atoms with Crippen LogP contribution in [0.1, 0.15) is 77.4 Å². The predicted molar refractivity (Wildman–Crippen MR) is 133 cm³/mol. The van der Waals surface area contributed by atoms with Gasteiger partial charge in [-0.25, -0.2) is 4.98 Å². The Labute approximate surface area is 207 Å². The van der Waals surface area contributed by atoms with Crippen LogP contribution in [0.25, 0.3) is 6.08 Å². The van der Waals surface area contributed by atoms with Gasteiger partial charge in [0.15, 0.2) is 0 Å². The average molecular weight is 493 g/mol. The fourth-order valence-electron chi connectivity index (χ4n) is 4.92. The van der Waals surface area contributed by atoms with Crippen LogP contribution in [0.2, 0.25) is 0 Å². The highest BCUT2D eigenvalue weighted by Crippen LogP contribution is 2.33. The third kappa shape index (κ3) is 6.53. The molecule has 3 heterocycles. The van der Waals surface area contributed by atoms with Crippen molar-refractivity contribution in [2.75, 3.05) is 0 Å². The van der Waals surface area contributed by atoms with E-state index in [-0.39, 0.29) is 24.2 Å². The Morgan fingerprint density at radius 1 is 1.24 bits per heavy atom. The number of hydrogen-bond donors (Lipinski definition) is 3. The van der Waals surface area contributed by atoms with Gasteiger partial charge in [-0.3, -0.25) is 9.59 Å². The lowest BCUT2D eigenvalue weighted by molar-refractivity contribution is -0.154. The van der Waals surface area contributed by atoms with Gasteiger partial charge in [0.05, 0.1) is 34.7 Å².